The summed E-state index contributed by atoms with van der Waals surface area (Å²) in [5, 5.41) is 23.4. The Bertz CT molecular complexity index is 665. The van der Waals surface area contributed by atoms with Crippen LogP contribution in [0.2, 0.25) is 0 Å². The number of rotatable bonds is 6. The minimum Gasteiger partial charge on any atom is -0.508 e. The molecule has 0 saturated carbocycles. The van der Waals surface area contributed by atoms with Crippen molar-refractivity contribution in [1.29, 1.82) is 0 Å². The summed E-state index contributed by atoms with van der Waals surface area (Å²) in [6, 6.07) is 6.70. The van der Waals surface area contributed by atoms with Gasteiger partial charge in [-0.25, -0.2) is 4.98 Å². The first kappa shape index (κ1) is 16.8. The van der Waals surface area contributed by atoms with Crippen molar-refractivity contribution in [3.8, 4) is 5.75 Å². The average Bonchev–Trinajstić information content (AvgIpc) is 2.46. The Balaban J connectivity index is 2.28. The van der Waals surface area contributed by atoms with Crippen LogP contribution < -0.4 is 10.6 Å². The second-order valence-electron chi connectivity index (χ2n) is 4.64. The predicted molar refractivity (Wildman–Crippen MR) is 78.6 cm³/mol. The zero-order valence-corrected chi connectivity index (χ0v) is 11.9. The van der Waals surface area contributed by atoms with Crippen LogP contribution in [0.4, 0.5) is 30.6 Å². The van der Waals surface area contributed by atoms with Crippen LogP contribution in [0.5, 0.6) is 5.75 Å². The summed E-state index contributed by atoms with van der Waals surface area (Å²) in [6.07, 6.45) is -4.26. The predicted octanol–water partition coefficient (Wildman–Crippen LogP) is 2.74. The summed E-state index contributed by atoms with van der Waals surface area (Å²) in [4.78, 5) is 7.36. The van der Waals surface area contributed by atoms with E-state index in [1.165, 1.54) is 12.1 Å². The summed E-state index contributed by atoms with van der Waals surface area (Å²) in [5.41, 5.74) is -0.709. The largest absolute Gasteiger partial charge is 0.508 e. The lowest BCUT2D eigenvalue weighted by atomic mass is 10.3. The lowest BCUT2D eigenvalue weighted by molar-refractivity contribution is -0.141. The minimum atomic E-state index is -4.62. The lowest BCUT2D eigenvalue weighted by Crippen LogP contribution is -2.14. The van der Waals surface area contributed by atoms with Gasteiger partial charge in [-0.2, -0.15) is 18.2 Å². The number of halogens is 3. The number of aliphatic hydroxyl groups excluding tert-OH is 1. The van der Waals surface area contributed by atoms with Gasteiger partial charge < -0.3 is 20.8 Å². The summed E-state index contributed by atoms with van der Waals surface area (Å²) in [5.74, 6) is -0.290. The van der Waals surface area contributed by atoms with Gasteiger partial charge in [0.25, 0.3) is 0 Å². The van der Waals surface area contributed by atoms with Crippen LogP contribution in [0.25, 0.3) is 0 Å². The molecule has 2 aromatic rings. The lowest BCUT2D eigenvalue weighted by Gasteiger charge is -2.12. The van der Waals surface area contributed by atoms with Crippen LogP contribution >= 0.6 is 0 Å². The number of hydrogen-bond donors (Lipinski definition) is 4. The highest BCUT2D eigenvalue weighted by molar-refractivity contribution is 5.59. The van der Waals surface area contributed by atoms with E-state index in [1.54, 1.807) is 12.1 Å². The molecule has 0 unspecified atom stereocenters. The van der Waals surface area contributed by atoms with Crippen molar-refractivity contribution in [2.45, 2.75) is 12.6 Å². The van der Waals surface area contributed by atoms with E-state index in [-0.39, 0.29) is 30.7 Å². The molecule has 9 heteroatoms. The number of nitrogens with one attached hydrogen (secondary N) is 2. The van der Waals surface area contributed by atoms with Crippen LogP contribution in [-0.4, -0.2) is 33.3 Å². The van der Waals surface area contributed by atoms with Gasteiger partial charge in [0, 0.05) is 31.0 Å². The molecule has 23 heavy (non-hydrogen) atoms. The average molecular weight is 328 g/mol. The molecule has 0 aliphatic carbocycles. The normalized spacial score (nSPS) is 11.3. The van der Waals surface area contributed by atoms with Crippen LogP contribution in [0.15, 0.2) is 30.3 Å². The van der Waals surface area contributed by atoms with Crippen molar-refractivity contribution >= 4 is 17.5 Å². The zero-order valence-electron chi connectivity index (χ0n) is 11.9. The number of phenols is 1. The maximum Gasteiger partial charge on any atom is 0.433 e. The molecule has 0 spiro atoms. The first-order valence-corrected chi connectivity index (χ1v) is 6.75. The number of aromatic nitrogens is 2. The van der Waals surface area contributed by atoms with E-state index in [2.05, 4.69) is 20.6 Å². The monoisotopic (exact) mass is 328 g/mol. The first-order chi connectivity index (χ1) is 10.9. The first-order valence-electron chi connectivity index (χ1n) is 6.75. The Morgan fingerprint density at radius 1 is 1.13 bits per heavy atom. The van der Waals surface area contributed by atoms with Crippen molar-refractivity contribution in [3.63, 3.8) is 0 Å². The molecule has 0 fully saturated rings. The van der Waals surface area contributed by atoms with Gasteiger partial charge in [0.15, 0.2) is 5.69 Å². The number of alkyl halides is 3. The third kappa shape index (κ3) is 4.99. The maximum atomic E-state index is 12.9. The molecule has 1 aromatic heterocycles. The molecule has 0 aliphatic rings. The summed E-state index contributed by atoms with van der Waals surface area (Å²) >= 11 is 0. The second kappa shape index (κ2) is 7.14. The number of hydrogen-bond acceptors (Lipinski definition) is 6. The van der Waals surface area contributed by atoms with E-state index >= 15 is 0 Å². The van der Waals surface area contributed by atoms with Gasteiger partial charge in [-0.05, 0) is 18.6 Å². The van der Waals surface area contributed by atoms with Gasteiger partial charge in [0.2, 0.25) is 5.95 Å². The fraction of sp³-hybridized carbons (Fsp3) is 0.286. The van der Waals surface area contributed by atoms with Gasteiger partial charge in [0.1, 0.15) is 11.6 Å². The Labute approximate surface area is 130 Å². The molecule has 6 nitrogen and oxygen atoms in total. The third-order valence-electron chi connectivity index (χ3n) is 2.75. The van der Waals surface area contributed by atoms with Gasteiger partial charge in [0.05, 0.1) is 0 Å². The molecule has 0 amide bonds. The van der Waals surface area contributed by atoms with Crippen molar-refractivity contribution in [2.75, 3.05) is 23.8 Å². The summed E-state index contributed by atoms with van der Waals surface area (Å²) in [6.45, 7) is 0.143. The van der Waals surface area contributed by atoms with E-state index in [0.717, 1.165) is 6.07 Å². The molecule has 0 radical (unpaired) electrons. The van der Waals surface area contributed by atoms with E-state index in [4.69, 9.17) is 5.11 Å². The van der Waals surface area contributed by atoms with Crippen molar-refractivity contribution in [2.24, 2.45) is 0 Å². The van der Waals surface area contributed by atoms with Gasteiger partial charge in [-0.15, -0.1) is 0 Å². The molecule has 0 atom stereocenters. The van der Waals surface area contributed by atoms with Crippen LogP contribution in [0, 0.1) is 0 Å². The summed E-state index contributed by atoms with van der Waals surface area (Å²) in [7, 11) is 0. The van der Waals surface area contributed by atoms with E-state index in [1.807, 2.05) is 0 Å². The number of aliphatic hydroxyl groups is 1. The molecule has 1 aromatic carbocycles. The van der Waals surface area contributed by atoms with Crippen LogP contribution in [-0.2, 0) is 6.18 Å². The Hall–Kier alpha value is -2.55. The standard InChI is InChI=1S/C14H15F3N4O2/c15-14(16,17)11-8-12(19-9-3-1-4-10(23)7-9)21-13(20-11)18-5-2-6-22/h1,3-4,7-8,22-23H,2,5-6H2,(H2,18,19,20,21). The summed E-state index contributed by atoms with van der Waals surface area (Å²) < 4.78 is 38.7. The van der Waals surface area contributed by atoms with Gasteiger partial charge in [-0.1, -0.05) is 6.07 Å². The zero-order chi connectivity index (χ0) is 16.9. The smallest absolute Gasteiger partial charge is 0.433 e. The van der Waals surface area contributed by atoms with E-state index in [0.29, 0.717) is 12.1 Å². The highest BCUT2D eigenvalue weighted by Crippen LogP contribution is 2.30. The quantitative estimate of drug-likeness (QED) is 0.610. The fourth-order valence-corrected chi connectivity index (χ4v) is 1.75. The van der Waals surface area contributed by atoms with Gasteiger partial charge in [-0.3, -0.25) is 0 Å². The van der Waals surface area contributed by atoms with Crippen molar-refractivity contribution in [1.82, 2.24) is 9.97 Å². The Morgan fingerprint density at radius 2 is 1.91 bits per heavy atom. The molecule has 0 saturated heterocycles. The van der Waals surface area contributed by atoms with E-state index in [9.17, 15) is 18.3 Å². The molecule has 124 valence electrons. The third-order valence-corrected chi connectivity index (χ3v) is 2.75. The molecule has 0 bridgehead atoms. The Morgan fingerprint density at radius 3 is 2.57 bits per heavy atom. The van der Waals surface area contributed by atoms with Crippen LogP contribution in [0.1, 0.15) is 12.1 Å². The molecule has 1 heterocycles. The van der Waals surface area contributed by atoms with Crippen LogP contribution in [0.3, 0.4) is 0 Å². The molecule has 4 N–H and O–H groups in total. The van der Waals surface area contributed by atoms with Crippen molar-refractivity contribution in [3.05, 3.63) is 36.0 Å². The molecule has 2 rings (SSSR count). The van der Waals surface area contributed by atoms with Crippen molar-refractivity contribution < 1.29 is 23.4 Å². The topological polar surface area (TPSA) is 90.3 Å². The highest BCUT2D eigenvalue weighted by atomic mass is 19.4. The molecular formula is C14H15F3N4O2. The highest BCUT2D eigenvalue weighted by Gasteiger charge is 2.33. The number of aromatic hydroxyl groups is 1. The van der Waals surface area contributed by atoms with E-state index < -0.39 is 11.9 Å². The number of phenolic OH excluding ortho intramolecular Hbond substituents is 1. The number of benzene rings is 1. The minimum absolute atomic E-state index is 0.0265. The van der Waals surface area contributed by atoms with Gasteiger partial charge >= 0.3 is 6.18 Å². The Kier molecular flexibility index (Phi) is 5.22. The number of nitrogens with zero attached hydrogens (tertiary/aromatic N) is 2. The SMILES string of the molecule is OCCCNc1nc(Nc2cccc(O)c2)cc(C(F)(F)F)n1. The fourth-order valence-electron chi connectivity index (χ4n) is 1.75. The maximum absolute atomic E-state index is 12.9. The molecule has 0 aliphatic heterocycles. The number of anilines is 3. The molecular weight excluding hydrogens is 313 g/mol. The second-order valence-corrected chi connectivity index (χ2v) is 4.64.